The van der Waals surface area contributed by atoms with Crippen molar-refractivity contribution < 1.29 is 0 Å². The summed E-state index contributed by atoms with van der Waals surface area (Å²) in [4.78, 5) is 7.28. The first-order valence-electron chi connectivity index (χ1n) is 8.72. The topological polar surface area (TPSA) is 58.3 Å². The van der Waals surface area contributed by atoms with Crippen molar-refractivity contribution in [3.05, 3.63) is 12.2 Å². The Morgan fingerprint density at radius 1 is 1.39 bits per heavy atom. The van der Waals surface area contributed by atoms with Crippen LogP contribution < -0.4 is 5.32 Å². The fourth-order valence-electron chi connectivity index (χ4n) is 3.55. The lowest BCUT2D eigenvalue weighted by Crippen LogP contribution is -2.53. The Labute approximate surface area is 143 Å². The van der Waals surface area contributed by atoms with Crippen molar-refractivity contribution in [3.8, 4) is 0 Å². The molecule has 7 heteroatoms. The third-order valence-corrected chi connectivity index (χ3v) is 6.36. The minimum Gasteiger partial charge on any atom is -0.357 e. The third-order valence-electron chi connectivity index (χ3n) is 4.82. The minimum atomic E-state index is 0.456. The lowest BCUT2D eigenvalue weighted by Gasteiger charge is -2.45. The van der Waals surface area contributed by atoms with Crippen LogP contribution in [0.3, 0.4) is 0 Å². The van der Waals surface area contributed by atoms with Gasteiger partial charge in [0, 0.05) is 37.2 Å². The van der Waals surface area contributed by atoms with E-state index in [0.717, 1.165) is 31.4 Å². The molecule has 23 heavy (non-hydrogen) atoms. The molecule has 1 N–H and O–H groups in total. The number of aromatic nitrogens is 3. The molecule has 2 aliphatic rings. The van der Waals surface area contributed by atoms with Crippen LogP contribution in [0.4, 0.5) is 0 Å². The molecule has 1 aromatic rings. The van der Waals surface area contributed by atoms with Crippen molar-refractivity contribution >= 4 is 17.7 Å². The van der Waals surface area contributed by atoms with Gasteiger partial charge in [-0.15, -0.1) is 10.2 Å². The predicted molar refractivity (Wildman–Crippen MR) is 95.7 cm³/mol. The Hall–Kier alpha value is -1.24. The summed E-state index contributed by atoms with van der Waals surface area (Å²) in [7, 11) is 1.96. The number of aliphatic imine (C=N–C) groups is 1. The zero-order valence-corrected chi connectivity index (χ0v) is 15.1. The van der Waals surface area contributed by atoms with Crippen LogP contribution >= 0.6 is 11.8 Å². The largest absolute Gasteiger partial charge is 0.357 e. The quantitative estimate of drug-likeness (QED) is 0.676. The molecule has 0 unspecified atom stereocenters. The van der Waals surface area contributed by atoms with Gasteiger partial charge < -0.3 is 14.8 Å². The fourth-order valence-corrected chi connectivity index (χ4v) is 5.12. The molecule has 3 rings (SSSR count). The molecule has 0 atom stereocenters. The molecule has 6 nitrogen and oxygen atoms in total. The molecule has 1 saturated carbocycles. The molecule has 1 spiro atoms. The van der Waals surface area contributed by atoms with Crippen LogP contribution in [0.5, 0.6) is 0 Å². The van der Waals surface area contributed by atoms with Crippen LogP contribution in [0, 0.1) is 0 Å². The Morgan fingerprint density at radius 3 is 2.91 bits per heavy atom. The summed E-state index contributed by atoms with van der Waals surface area (Å²) in [6.45, 7) is 5.82. The van der Waals surface area contributed by atoms with Crippen molar-refractivity contribution in [1.82, 2.24) is 25.0 Å². The van der Waals surface area contributed by atoms with E-state index in [9.17, 15) is 0 Å². The van der Waals surface area contributed by atoms with Gasteiger partial charge in [0.05, 0.1) is 0 Å². The molecule has 1 aromatic heterocycles. The number of rotatable bonds is 3. The van der Waals surface area contributed by atoms with E-state index in [0.29, 0.717) is 11.3 Å². The molecule has 1 aliphatic carbocycles. The molecule has 0 radical (unpaired) electrons. The lowest BCUT2D eigenvalue weighted by molar-refractivity contribution is 0.293. The summed E-state index contributed by atoms with van der Waals surface area (Å²) in [6.07, 6.45) is 8.61. The number of aryl methyl sites for hydroxylation is 1. The molecule has 1 aliphatic heterocycles. The van der Waals surface area contributed by atoms with Gasteiger partial charge in [0.25, 0.3) is 0 Å². The van der Waals surface area contributed by atoms with Crippen LogP contribution in [0.1, 0.15) is 44.9 Å². The van der Waals surface area contributed by atoms with Gasteiger partial charge in [-0.05, 0) is 19.8 Å². The van der Waals surface area contributed by atoms with E-state index in [1.165, 1.54) is 37.9 Å². The molecule has 1 saturated heterocycles. The monoisotopic (exact) mass is 336 g/mol. The summed E-state index contributed by atoms with van der Waals surface area (Å²) in [5.74, 6) is 3.13. The number of thioether (sulfide) groups is 1. The minimum absolute atomic E-state index is 0.456. The number of nitrogens with one attached hydrogen (secondary N) is 1. The highest BCUT2D eigenvalue weighted by Crippen LogP contribution is 2.42. The van der Waals surface area contributed by atoms with Gasteiger partial charge in [0.15, 0.2) is 11.8 Å². The first-order chi connectivity index (χ1) is 11.2. The average molecular weight is 337 g/mol. The van der Waals surface area contributed by atoms with E-state index in [4.69, 9.17) is 4.99 Å². The van der Waals surface area contributed by atoms with Crippen LogP contribution in [-0.2, 0) is 13.6 Å². The first kappa shape index (κ1) is 16.6. The maximum Gasteiger partial charge on any atom is 0.194 e. The summed E-state index contributed by atoms with van der Waals surface area (Å²) in [5, 5.41) is 11.5. The normalized spacial score (nSPS) is 21.7. The van der Waals surface area contributed by atoms with E-state index in [-0.39, 0.29) is 0 Å². The van der Waals surface area contributed by atoms with Crippen molar-refractivity contribution in [2.45, 2.75) is 50.3 Å². The molecule has 0 bridgehead atoms. The van der Waals surface area contributed by atoms with Crippen LogP contribution in [0.25, 0.3) is 0 Å². The lowest BCUT2D eigenvalue weighted by atomic mass is 9.87. The third kappa shape index (κ3) is 4.00. The van der Waals surface area contributed by atoms with Gasteiger partial charge in [0.2, 0.25) is 0 Å². The van der Waals surface area contributed by atoms with E-state index in [2.05, 4.69) is 39.1 Å². The van der Waals surface area contributed by atoms with Gasteiger partial charge in [-0.2, -0.15) is 11.8 Å². The number of nitrogens with zero attached hydrogens (tertiary/aromatic N) is 5. The molecule has 128 valence electrons. The van der Waals surface area contributed by atoms with Crippen molar-refractivity contribution in [2.75, 3.05) is 25.4 Å². The zero-order chi connectivity index (χ0) is 16.1. The predicted octanol–water partition coefficient (Wildman–Crippen LogP) is 2.03. The highest BCUT2D eigenvalue weighted by Gasteiger charge is 2.38. The molecule has 0 amide bonds. The average Bonchev–Trinajstić information content (AvgIpc) is 2.97. The van der Waals surface area contributed by atoms with Gasteiger partial charge in [0.1, 0.15) is 12.9 Å². The SMILES string of the molecule is CCNC(=NCc1nncn1C)N1CCSC2(CCCCC2)C1. The molecule has 0 aromatic carbocycles. The van der Waals surface area contributed by atoms with E-state index in [1.807, 2.05) is 11.6 Å². The van der Waals surface area contributed by atoms with Gasteiger partial charge >= 0.3 is 0 Å². The highest BCUT2D eigenvalue weighted by molar-refractivity contribution is 8.00. The fraction of sp³-hybridized carbons (Fsp3) is 0.812. The number of hydrogen-bond donors (Lipinski definition) is 1. The first-order valence-corrected chi connectivity index (χ1v) is 9.71. The van der Waals surface area contributed by atoms with E-state index < -0.39 is 0 Å². The zero-order valence-electron chi connectivity index (χ0n) is 14.3. The van der Waals surface area contributed by atoms with E-state index in [1.54, 1.807) is 6.33 Å². The Bertz CT molecular complexity index is 529. The molecule has 2 fully saturated rings. The van der Waals surface area contributed by atoms with Crippen LogP contribution in [0.2, 0.25) is 0 Å². The summed E-state index contributed by atoms with van der Waals surface area (Å²) in [6, 6.07) is 0. The second-order valence-corrected chi connectivity index (χ2v) is 8.10. The standard InChI is InChI=1S/C16H28N6S/c1-3-17-15(18-11-14-20-19-13-21(14)2)22-9-10-23-16(12-22)7-5-4-6-8-16/h13H,3-12H2,1-2H3,(H,17,18). The number of guanidine groups is 1. The summed E-state index contributed by atoms with van der Waals surface area (Å²) < 4.78 is 2.39. The maximum atomic E-state index is 4.82. The highest BCUT2D eigenvalue weighted by atomic mass is 32.2. The smallest absolute Gasteiger partial charge is 0.194 e. The van der Waals surface area contributed by atoms with Crippen molar-refractivity contribution in [1.29, 1.82) is 0 Å². The Balaban J connectivity index is 1.70. The van der Waals surface area contributed by atoms with Crippen molar-refractivity contribution in [3.63, 3.8) is 0 Å². The van der Waals surface area contributed by atoms with Crippen LogP contribution in [0.15, 0.2) is 11.3 Å². The molecular formula is C16H28N6S. The molecular weight excluding hydrogens is 308 g/mol. The Kier molecular flexibility index (Phi) is 5.46. The Morgan fingerprint density at radius 2 is 2.22 bits per heavy atom. The molecule has 2 heterocycles. The summed E-state index contributed by atoms with van der Waals surface area (Å²) in [5.41, 5.74) is 0. The van der Waals surface area contributed by atoms with Gasteiger partial charge in [-0.3, -0.25) is 0 Å². The number of hydrogen-bond acceptors (Lipinski definition) is 4. The second kappa shape index (κ2) is 7.55. The second-order valence-electron chi connectivity index (χ2n) is 6.54. The van der Waals surface area contributed by atoms with Crippen LogP contribution in [-0.4, -0.2) is 55.8 Å². The van der Waals surface area contributed by atoms with Gasteiger partial charge in [-0.25, -0.2) is 4.99 Å². The van der Waals surface area contributed by atoms with E-state index >= 15 is 0 Å². The summed E-state index contributed by atoms with van der Waals surface area (Å²) >= 11 is 2.19. The van der Waals surface area contributed by atoms with Crippen molar-refractivity contribution in [2.24, 2.45) is 12.0 Å². The maximum absolute atomic E-state index is 4.82. The van der Waals surface area contributed by atoms with Gasteiger partial charge in [-0.1, -0.05) is 19.3 Å².